The van der Waals surface area contributed by atoms with Crippen LogP contribution in [0, 0.1) is 24.7 Å². The lowest BCUT2D eigenvalue weighted by Gasteiger charge is -2.16. The molecule has 0 bridgehead atoms. The first-order chi connectivity index (χ1) is 7.06. The predicted molar refractivity (Wildman–Crippen MR) is 70.8 cm³/mol. The summed E-state index contributed by atoms with van der Waals surface area (Å²) in [5, 5.41) is 0. The zero-order chi connectivity index (χ0) is 11.7. The summed E-state index contributed by atoms with van der Waals surface area (Å²) >= 11 is 0. The monoisotopic (exact) mass is 211 g/mol. The van der Waals surface area contributed by atoms with Crippen LogP contribution in [-0.2, 0) is 0 Å². The van der Waals surface area contributed by atoms with Gasteiger partial charge in [0.1, 0.15) is 0 Å². The Hall–Kier alpha value is 0. The van der Waals surface area contributed by atoms with Gasteiger partial charge in [-0.3, -0.25) is 0 Å². The minimum atomic E-state index is 0.630. The molecule has 0 amide bonds. The van der Waals surface area contributed by atoms with E-state index in [0.29, 0.717) is 5.92 Å². The molecule has 0 heteroatoms. The third kappa shape index (κ3) is 10.3. The van der Waals surface area contributed by atoms with Crippen LogP contribution in [0.15, 0.2) is 0 Å². The first kappa shape index (κ1) is 15.0. The molecule has 0 spiro atoms. The first-order valence-electron chi connectivity index (χ1n) is 6.89. The highest BCUT2D eigenvalue weighted by molar-refractivity contribution is 4.62. The van der Waals surface area contributed by atoms with Crippen molar-refractivity contribution in [3.63, 3.8) is 0 Å². The molecule has 0 fully saturated rings. The molecule has 0 aromatic heterocycles. The van der Waals surface area contributed by atoms with Crippen LogP contribution in [0.1, 0.15) is 72.6 Å². The summed E-state index contributed by atoms with van der Waals surface area (Å²) in [5.74, 6) is 2.47. The van der Waals surface area contributed by atoms with E-state index in [0.717, 1.165) is 11.8 Å². The topological polar surface area (TPSA) is 0 Å². The lowest BCUT2D eigenvalue weighted by Crippen LogP contribution is -2.02. The Morgan fingerprint density at radius 2 is 1.27 bits per heavy atom. The minimum Gasteiger partial charge on any atom is -0.0654 e. The summed E-state index contributed by atoms with van der Waals surface area (Å²) in [6.45, 7) is 13.4. The molecule has 0 aliphatic rings. The molecule has 0 aromatic rings. The third-order valence-electron chi connectivity index (χ3n) is 3.36. The van der Waals surface area contributed by atoms with E-state index in [-0.39, 0.29) is 0 Å². The van der Waals surface area contributed by atoms with E-state index in [4.69, 9.17) is 0 Å². The average Bonchev–Trinajstić information content (AvgIpc) is 2.20. The summed E-state index contributed by atoms with van der Waals surface area (Å²) in [5.41, 5.74) is 0. The number of hydrogen-bond acceptors (Lipinski definition) is 0. The van der Waals surface area contributed by atoms with Crippen molar-refractivity contribution < 1.29 is 0 Å². The van der Waals surface area contributed by atoms with E-state index in [2.05, 4.69) is 34.6 Å². The van der Waals surface area contributed by atoms with Gasteiger partial charge in [-0.25, -0.2) is 0 Å². The van der Waals surface area contributed by atoms with Gasteiger partial charge >= 0.3 is 0 Å². The molecule has 0 N–H and O–H groups in total. The molecule has 0 rings (SSSR count). The summed E-state index contributed by atoms with van der Waals surface area (Å²) in [7, 11) is 0. The Kier molecular flexibility index (Phi) is 9.24. The van der Waals surface area contributed by atoms with Crippen LogP contribution in [-0.4, -0.2) is 0 Å². The van der Waals surface area contributed by atoms with Crippen molar-refractivity contribution in [2.45, 2.75) is 72.6 Å². The molecule has 0 aromatic carbocycles. The van der Waals surface area contributed by atoms with E-state index >= 15 is 0 Å². The normalized spacial score (nSPS) is 15.6. The van der Waals surface area contributed by atoms with E-state index in [1.54, 1.807) is 0 Å². The van der Waals surface area contributed by atoms with Gasteiger partial charge in [0, 0.05) is 0 Å². The fourth-order valence-electron chi connectivity index (χ4n) is 1.98. The number of unbranched alkanes of at least 4 members (excludes halogenated alkanes) is 1. The number of hydrogen-bond donors (Lipinski definition) is 0. The molecule has 91 valence electrons. The molecule has 0 saturated heterocycles. The Bertz CT molecular complexity index is 126. The zero-order valence-electron chi connectivity index (χ0n) is 11.4. The summed E-state index contributed by atoms with van der Waals surface area (Å²) < 4.78 is 0. The Labute approximate surface area is 97.8 Å². The van der Waals surface area contributed by atoms with Crippen molar-refractivity contribution in [1.29, 1.82) is 0 Å². The van der Waals surface area contributed by atoms with Gasteiger partial charge in [-0.2, -0.15) is 0 Å². The van der Waals surface area contributed by atoms with Crippen molar-refractivity contribution in [1.82, 2.24) is 0 Å². The highest BCUT2D eigenvalue weighted by atomic mass is 14.1. The second-order valence-corrected chi connectivity index (χ2v) is 5.61. The standard InChI is InChI=1S/C15H31/c1-6-7-8-14(4)11-12-15(5)10-9-13(2)3/h13-15H,2,6-12H2,1,3-5H3. The Morgan fingerprint density at radius 1 is 0.800 bits per heavy atom. The molecule has 0 aliphatic heterocycles. The second kappa shape index (κ2) is 9.24. The Balaban J connectivity index is 3.39. The maximum atomic E-state index is 4.05. The largest absolute Gasteiger partial charge is 0.0654 e. The second-order valence-electron chi connectivity index (χ2n) is 5.61. The molecular weight excluding hydrogens is 180 g/mol. The SMILES string of the molecule is [CH2]C(C)CCC(C)CCC(C)CCCC. The molecule has 0 heterocycles. The van der Waals surface area contributed by atoms with Crippen LogP contribution < -0.4 is 0 Å². The maximum absolute atomic E-state index is 4.05. The molecule has 0 aliphatic carbocycles. The lowest BCUT2D eigenvalue weighted by atomic mass is 9.90. The Morgan fingerprint density at radius 3 is 1.73 bits per heavy atom. The molecular formula is C15H31. The van der Waals surface area contributed by atoms with Gasteiger partial charge < -0.3 is 0 Å². The van der Waals surface area contributed by atoms with Crippen molar-refractivity contribution in [2.75, 3.05) is 0 Å². The molecule has 0 saturated carbocycles. The van der Waals surface area contributed by atoms with Crippen LogP contribution in [0.3, 0.4) is 0 Å². The molecule has 3 atom stereocenters. The average molecular weight is 211 g/mol. The maximum Gasteiger partial charge on any atom is -0.0443 e. The van der Waals surface area contributed by atoms with E-state index in [9.17, 15) is 0 Å². The van der Waals surface area contributed by atoms with Crippen molar-refractivity contribution in [2.24, 2.45) is 17.8 Å². The van der Waals surface area contributed by atoms with Gasteiger partial charge in [-0.1, -0.05) is 79.6 Å². The van der Waals surface area contributed by atoms with Gasteiger partial charge in [0.05, 0.1) is 0 Å². The highest BCUT2D eigenvalue weighted by Crippen LogP contribution is 2.21. The van der Waals surface area contributed by atoms with E-state index in [1.165, 1.54) is 44.9 Å². The molecule has 15 heavy (non-hydrogen) atoms. The van der Waals surface area contributed by atoms with Crippen LogP contribution >= 0.6 is 0 Å². The summed E-state index contributed by atoms with van der Waals surface area (Å²) in [4.78, 5) is 0. The lowest BCUT2D eigenvalue weighted by molar-refractivity contribution is 0.375. The van der Waals surface area contributed by atoms with Crippen molar-refractivity contribution in [3.05, 3.63) is 6.92 Å². The van der Waals surface area contributed by atoms with Crippen LogP contribution in [0.4, 0.5) is 0 Å². The molecule has 0 nitrogen and oxygen atoms in total. The fraction of sp³-hybridized carbons (Fsp3) is 0.933. The highest BCUT2D eigenvalue weighted by Gasteiger charge is 2.07. The predicted octanol–water partition coefficient (Wildman–Crippen LogP) is 5.48. The van der Waals surface area contributed by atoms with Crippen LogP contribution in [0.5, 0.6) is 0 Å². The quantitative estimate of drug-likeness (QED) is 0.474. The van der Waals surface area contributed by atoms with Gasteiger partial charge in [-0.05, 0) is 17.8 Å². The first-order valence-corrected chi connectivity index (χ1v) is 6.89. The van der Waals surface area contributed by atoms with Gasteiger partial charge in [0.25, 0.3) is 0 Å². The summed E-state index contributed by atoms with van der Waals surface area (Å²) in [6.07, 6.45) is 9.68. The zero-order valence-corrected chi connectivity index (χ0v) is 11.4. The third-order valence-corrected chi connectivity index (χ3v) is 3.36. The van der Waals surface area contributed by atoms with Gasteiger partial charge in [0.2, 0.25) is 0 Å². The number of rotatable bonds is 9. The molecule has 1 radical (unpaired) electrons. The smallest absolute Gasteiger partial charge is 0.0443 e. The minimum absolute atomic E-state index is 0.630. The van der Waals surface area contributed by atoms with Crippen molar-refractivity contribution in [3.8, 4) is 0 Å². The van der Waals surface area contributed by atoms with Gasteiger partial charge in [0.15, 0.2) is 0 Å². The van der Waals surface area contributed by atoms with E-state index < -0.39 is 0 Å². The fourth-order valence-corrected chi connectivity index (χ4v) is 1.98. The summed E-state index contributed by atoms with van der Waals surface area (Å²) in [6, 6.07) is 0. The van der Waals surface area contributed by atoms with Gasteiger partial charge in [-0.15, -0.1) is 0 Å². The molecule has 3 unspecified atom stereocenters. The van der Waals surface area contributed by atoms with Crippen LogP contribution in [0.2, 0.25) is 0 Å². The van der Waals surface area contributed by atoms with E-state index in [1.807, 2.05) is 0 Å². The van der Waals surface area contributed by atoms with Crippen molar-refractivity contribution >= 4 is 0 Å². The van der Waals surface area contributed by atoms with Crippen LogP contribution in [0.25, 0.3) is 0 Å².